The molecule has 1 unspecified atom stereocenters. The zero-order valence-corrected chi connectivity index (χ0v) is 11.4. The Labute approximate surface area is 114 Å². The quantitative estimate of drug-likeness (QED) is 0.780. The second-order valence-electron chi connectivity index (χ2n) is 5.95. The molecule has 5 nitrogen and oxygen atoms in total. The molecule has 1 saturated carbocycles. The first-order valence-electron chi connectivity index (χ1n) is 7.56. The molecule has 0 radical (unpaired) electrons. The second-order valence-corrected chi connectivity index (χ2v) is 5.95. The van der Waals surface area contributed by atoms with Crippen molar-refractivity contribution in [3.63, 3.8) is 0 Å². The van der Waals surface area contributed by atoms with E-state index in [4.69, 9.17) is 0 Å². The van der Waals surface area contributed by atoms with Crippen LogP contribution in [0.25, 0.3) is 0 Å². The number of rotatable bonds is 5. The number of hydrogen-bond acceptors (Lipinski definition) is 3. The lowest BCUT2D eigenvalue weighted by atomic mass is 10.2. The average molecular weight is 265 g/mol. The van der Waals surface area contributed by atoms with Crippen LogP contribution in [0, 0.1) is 0 Å². The Kier molecular flexibility index (Phi) is 3.73. The minimum atomic E-state index is 0.00869. The summed E-state index contributed by atoms with van der Waals surface area (Å²) in [6.45, 7) is 3.20. The van der Waals surface area contributed by atoms with E-state index in [1.54, 1.807) is 0 Å². The van der Waals surface area contributed by atoms with Gasteiger partial charge in [0.05, 0.1) is 6.04 Å². The molecule has 2 saturated heterocycles. The topological polar surface area (TPSA) is 52.7 Å². The molecule has 2 amide bonds. The first-order valence-corrected chi connectivity index (χ1v) is 7.56. The van der Waals surface area contributed by atoms with E-state index in [0.29, 0.717) is 19.0 Å². The Balaban J connectivity index is 1.42. The average Bonchev–Trinajstić information content (AvgIpc) is 2.92. The van der Waals surface area contributed by atoms with Gasteiger partial charge in [-0.15, -0.1) is 0 Å². The van der Waals surface area contributed by atoms with Gasteiger partial charge in [0.15, 0.2) is 0 Å². The van der Waals surface area contributed by atoms with Crippen LogP contribution in [-0.4, -0.2) is 59.9 Å². The van der Waals surface area contributed by atoms with Gasteiger partial charge in [-0.3, -0.25) is 9.59 Å². The zero-order valence-electron chi connectivity index (χ0n) is 11.4. The minimum Gasteiger partial charge on any atom is -0.343 e. The number of carbonyl (C=O) groups excluding carboxylic acids is 2. The van der Waals surface area contributed by atoms with Crippen molar-refractivity contribution in [3.05, 3.63) is 0 Å². The maximum absolute atomic E-state index is 12.1. The highest BCUT2D eigenvalue weighted by Crippen LogP contribution is 2.22. The van der Waals surface area contributed by atoms with Gasteiger partial charge in [-0.1, -0.05) is 0 Å². The third-order valence-corrected chi connectivity index (χ3v) is 4.37. The van der Waals surface area contributed by atoms with Crippen LogP contribution in [0.1, 0.15) is 38.5 Å². The Morgan fingerprint density at radius 2 is 1.89 bits per heavy atom. The molecule has 2 heterocycles. The number of nitrogens with zero attached hydrogens (tertiary/aromatic N) is 2. The fourth-order valence-corrected chi connectivity index (χ4v) is 3.01. The maximum atomic E-state index is 12.1. The fourth-order valence-electron chi connectivity index (χ4n) is 3.01. The van der Waals surface area contributed by atoms with Crippen LogP contribution in [0.4, 0.5) is 0 Å². The number of carbonyl (C=O) groups is 2. The predicted octanol–water partition coefficient (Wildman–Crippen LogP) is 0.352. The molecule has 0 bridgehead atoms. The van der Waals surface area contributed by atoms with Gasteiger partial charge in [0.1, 0.15) is 0 Å². The molecule has 3 rings (SSSR count). The third kappa shape index (κ3) is 3.08. The summed E-state index contributed by atoms with van der Waals surface area (Å²) < 4.78 is 0. The molecule has 0 aromatic heterocycles. The van der Waals surface area contributed by atoms with Gasteiger partial charge in [-0.05, 0) is 32.1 Å². The van der Waals surface area contributed by atoms with Crippen LogP contribution >= 0.6 is 0 Å². The summed E-state index contributed by atoms with van der Waals surface area (Å²) in [4.78, 5) is 27.9. The highest BCUT2D eigenvalue weighted by atomic mass is 16.2. The lowest BCUT2D eigenvalue weighted by Crippen LogP contribution is -2.40. The predicted molar refractivity (Wildman–Crippen MR) is 71.6 cm³/mol. The van der Waals surface area contributed by atoms with E-state index in [9.17, 15) is 9.59 Å². The molecule has 5 heteroatoms. The van der Waals surface area contributed by atoms with Gasteiger partial charge in [-0.25, -0.2) is 0 Å². The molecule has 2 aliphatic heterocycles. The Morgan fingerprint density at radius 1 is 1.16 bits per heavy atom. The van der Waals surface area contributed by atoms with E-state index in [2.05, 4.69) is 5.32 Å². The molecule has 0 spiro atoms. The lowest BCUT2D eigenvalue weighted by Gasteiger charge is -2.20. The largest absolute Gasteiger partial charge is 0.343 e. The molecular formula is C14H23N3O2. The molecule has 1 atom stereocenters. The van der Waals surface area contributed by atoms with Gasteiger partial charge in [0, 0.05) is 38.6 Å². The van der Waals surface area contributed by atoms with Gasteiger partial charge >= 0.3 is 0 Å². The SMILES string of the molecule is O=C(CCN1CCC(NC2CC2)C1=O)N1CCCC1. The van der Waals surface area contributed by atoms with Crippen molar-refractivity contribution in [3.8, 4) is 0 Å². The molecule has 19 heavy (non-hydrogen) atoms. The Bertz CT molecular complexity index is 362. The normalized spacial score (nSPS) is 27.4. The summed E-state index contributed by atoms with van der Waals surface area (Å²) in [7, 11) is 0. The monoisotopic (exact) mass is 265 g/mol. The summed E-state index contributed by atoms with van der Waals surface area (Å²) in [5.41, 5.74) is 0. The zero-order chi connectivity index (χ0) is 13.2. The Hall–Kier alpha value is -1.10. The first kappa shape index (κ1) is 12.9. The van der Waals surface area contributed by atoms with Gasteiger partial charge in [-0.2, -0.15) is 0 Å². The molecule has 3 fully saturated rings. The van der Waals surface area contributed by atoms with Gasteiger partial charge < -0.3 is 15.1 Å². The van der Waals surface area contributed by atoms with E-state index in [1.807, 2.05) is 9.80 Å². The van der Waals surface area contributed by atoms with Crippen LogP contribution in [0.2, 0.25) is 0 Å². The van der Waals surface area contributed by atoms with Crippen molar-refractivity contribution in [1.82, 2.24) is 15.1 Å². The molecule has 0 aromatic rings. The fraction of sp³-hybridized carbons (Fsp3) is 0.857. The van der Waals surface area contributed by atoms with Crippen molar-refractivity contribution >= 4 is 11.8 Å². The van der Waals surface area contributed by atoms with Crippen molar-refractivity contribution < 1.29 is 9.59 Å². The summed E-state index contributed by atoms with van der Waals surface area (Å²) in [6, 6.07) is 0.578. The molecule has 106 valence electrons. The summed E-state index contributed by atoms with van der Waals surface area (Å²) >= 11 is 0. The molecular weight excluding hydrogens is 242 g/mol. The summed E-state index contributed by atoms with van der Waals surface area (Å²) in [5.74, 6) is 0.407. The van der Waals surface area contributed by atoms with Crippen LogP contribution in [0.15, 0.2) is 0 Å². The molecule has 1 aliphatic carbocycles. The molecule has 1 N–H and O–H groups in total. The van der Waals surface area contributed by atoms with Crippen LogP contribution in [0.5, 0.6) is 0 Å². The van der Waals surface area contributed by atoms with Crippen molar-refractivity contribution in [2.75, 3.05) is 26.2 Å². The van der Waals surface area contributed by atoms with E-state index >= 15 is 0 Å². The van der Waals surface area contributed by atoms with Crippen LogP contribution in [0.3, 0.4) is 0 Å². The van der Waals surface area contributed by atoms with Crippen molar-refractivity contribution in [2.24, 2.45) is 0 Å². The smallest absolute Gasteiger partial charge is 0.239 e. The maximum Gasteiger partial charge on any atom is 0.239 e. The highest BCUT2D eigenvalue weighted by molar-refractivity contribution is 5.85. The van der Waals surface area contributed by atoms with Gasteiger partial charge in [0.2, 0.25) is 11.8 Å². The van der Waals surface area contributed by atoms with Crippen LogP contribution in [-0.2, 0) is 9.59 Å². The van der Waals surface area contributed by atoms with E-state index < -0.39 is 0 Å². The number of hydrogen-bond donors (Lipinski definition) is 1. The van der Waals surface area contributed by atoms with Crippen molar-refractivity contribution in [2.45, 2.75) is 50.6 Å². The van der Waals surface area contributed by atoms with E-state index in [1.165, 1.54) is 12.8 Å². The second kappa shape index (κ2) is 5.49. The number of likely N-dealkylation sites (tertiary alicyclic amines) is 2. The Morgan fingerprint density at radius 3 is 2.58 bits per heavy atom. The standard InChI is InChI=1S/C14H23N3O2/c18-13(16-7-1-2-8-16)6-10-17-9-5-12(14(17)19)15-11-3-4-11/h11-12,15H,1-10H2. The minimum absolute atomic E-state index is 0.00869. The molecule has 0 aromatic carbocycles. The molecule has 3 aliphatic rings. The van der Waals surface area contributed by atoms with Gasteiger partial charge in [0.25, 0.3) is 0 Å². The van der Waals surface area contributed by atoms with E-state index in [-0.39, 0.29) is 17.9 Å². The summed E-state index contributed by atoms with van der Waals surface area (Å²) in [5, 5.41) is 3.39. The lowest BCUT2D eigenvalue weighted by molar-refractivity contribution is -0.132. The third-order valence-electron chi connectivity index (χ3n) is 4.37. The van der Waals surface area contributed by atoms with Crippen molar-refractivity contribution in [1.29, 1.82) is 0 Å². The number of nitrogens with one attached hydrogen (secondary N) is 1. The first-order chi connectivity index (χ1) is 9.24. The summed E-state index contributed by atoms with van der Waals surface area (Å²) in [6.07, 6.45) is 6.05. The highest BCUT2D eigenvalue weighted by Gasteiger charge is 2.35. The van der Waals surface area contributed by atoms with E-state index in [0.717, 1.165) is 38.9 Å². The number of amides is 2. The van der Waals surface area contributed by atoms with Crippen LogP contribution < -0.4 is 5.32 Å².